The van der Waals surface area contributed by atoms with E-state index in [1.807, 2.05) is 6.20 Å². The first-order valence-corrected chi connectivity index (χ1v) is 6.85. The molecule has 4 nitrogen and oxygen atoms in total. The SMILES string of the molecule is Cc1ccc2ncc(CN(C)Cc3cccn3C)n2c1. The molecular weight excluding hydrogens is 248 g/mol. The zero-order valence-corrected chi connectivity index (χ0v) is 12.2. The highest BCUT2D eigenvalue weighted by molar-refractivity contribution is 5.41. The number of pyridine rings is 1. The van der Waals surface area contributed by atoms with Crippen molar-refractivity contribution >= 4 is 5.65 Å². The fraction of sp³-hybridized carbons (Fsp3) is 0.312. The molecule has 104 valence electrons. The number of aromatic nitrogens is 3. The molecule has 0 aliphatic heterocycles. The van der Waals surface area contributed by atoms with Crippen molar-refractivity contribution in [1.82, 2.24) is 18.9 Å². The van der Waals surface area contributed by atoms with Crippen LogP contribution in [-0.2, 0) is 20.1 Å². The average molecular weight is 268 g/mol. The smallest absolute Gasteiger partial charge is 0.136 e. The van der Waals surface area contributed by atoms with Crippen LogP contribution in [0.4, 0.5) is 0 Å². The van der Waals surface area contributed by atoms with E-state index in [2.05, 4.69) is 76.5 Å². The van der Waals surface area contributed by atoms with Gasteiger partial charge in [-0.15, -0.1) is 0 Å². The highest BCUT2D eigenvalue weighted by atomic mass is 15.1. The summed E-state index contributed by atoms with van der Waals surface area (Å²) in [4.78, 5) is 6.77. The van der Waals surface area contributed by atoms with Gasteiger partial charge in [-0.25, -0.2) is 4.98 Å². The molecule has 3 rings (SSSR count). The second kappa shape index (κ2) is 5.13. The fourth-order valence-electron chi connectivity index (χ4n) is 2.52. The van der Waals surface area contributed by atoms with Gasteiger partial charge in [0, 0.05) is 38.2 Å². The normalized spacial score (nSPS) is 11.6. The quantitative estimate of drug-likeness (QED) is 0.727. The Balaban J connectivity index is 1.79. The van der Waals surface area contributed by atoms with Gasteiger partial charge in [-0.05, 0) is 37.7 Å². The van der Waals surface area contributed by atoms with Crippen molar-refractivity contribution in [3.05, 3.63) is 59.8 Å². The van der Waals surface area contributed by atoms with Gasteiger partial charge in [-0.3, -0.25) is 4.90 Å². The van der Waals surface area contributed by atoms with E-state index in [-0.39, 0.29) is 0 Å². The monoisotopic (exact) mass is 268 g/mol. The standard InChI is InChI=1S/C16H20N4/c1-13-6-7-16-17-9-15(20(16)10-13)12-18(2)11-14-5-4-8-19(14)3/h4-10H,11-12H2,1-3H3. The molecule has 0 N–H and O–H groups in total. The molecule has 0 radical (unpaired) electrons. The highest BCUT2D eigenvalue weighted by Gasteiger charge is 2.08. The summed E-state index contributed by atoms with van der Waals surface area (Å²) < 4.78 is 4.34. The van der Waals surface area contributed by atoms with Gasteiger partial charge in [0.1, 0.15) is 5.65 Å². The maximum absolute atomic E-state index is 4.46. The van der Waals surface area contributed by atoms with Gasteiger partial charge in [-0.1, -0.05) is 6.07 Å². The van der Waals surface area contributed by atoms with E-state index in [1.165, 1.54) is 17.0 Å². The molecule has 0 saturated heterocycles. The van der Waals surface area contributed by atoms with Crippen LogP contribution < -0.4 is 0 Å². The van der Waals surface area contributed by atoms with Crippen molar-refractivity contribution in [1.29, 1.82) is 0 Å². The van der Waals surface area contributed by atoms with Crippen LogP contribution in [0.3, 0.4) is 0 Å². The lowest BCUT2D eigenvalue weighted by atomic mass is 10.3. The van der Waals surface area contributed by atoms with Gasteiger partial charge in [-0.2, -0.15) is 0 Å². The number of hydrogen-bond donors (Lipinski definition) is 0. The van der Waals surface area contributed by atoms with E-state index < -0.39 is 0 Å². The Morgan fingerprint density at radius 2 is 1.95 bits per heavy atom. The minimum absolute atomic E-state index is 0.885. The topological polar surface area (TPSA) is 25.5 Å². The van der Waals surface area contributed by atoms with Crippen LogP contribution >= 0.6 is 0 Å². The first-order chi connectivity index (χ1) is 9.63. The molecule has 0 unspecified atom stereocenters. The van der Waals surface area contributed by atoms with E-state index in [0.717, 1.165) is 18.7 Å². The number of rotatable bonds is 4. The predicted molar refractivity (Wildman–Crippen MR) is 80.5 cm³/mol. The third kappa shape index (κ3) is 2.47. The molecule has 3 heterocycles. The van der Waals surface area contributed by atoms with Gasteiger partial charge in [0.15, 0.2) is 0 Å². The number of imidazole rings is 1. The van der Waals surface area contributed by atoms with E-state index >= 15 is 0 Å². The average Bonchev–Trinajstić information content (AvgIpc) is 2.98. The summed E-state index contributed by atoms with van der Waals surface area (Å²) >= 11 is 0. The Bertz CT molecular complexity index is 723. The number of aryl methyl sites for hydroxylation is 2. The first-order valence-electron chi connectivity index (χ1n) is 6.85. The minimum atomic E-state index is 0.885. The van der Waals surface area contributed by atoms with Crippen molar-refractivity contribution in [2.45, 2.75) is 20.0 Å². The lowest BCUT2D eigenvalue weighted by Crippen LogP contribution is -2.19. The summed E-state index contributed by atoms with van der Waals surface area (Å²) in [6.45, 7) is 3.93. The minimum Gasteiger partial charge on any atom is -0.353 e. The Morgan fingerprint density at radius 3 is 2.70 bits per heavy atom. The molecule has 0 aliphatic carbocycles. The molecule has 0 bridgehead atoms. The molecule has 4 heteroatoms. The first kappa shape index (κ1) is 12.9. The molecule has 0 spiro atoms. The Kier molecular flexibility index (Phi) is 3.32. The van der Waals surface area contributed by atoms with Gasteiger partial charge in [0.05, 0.1) is 11.9 Å². The second-order valence-electron chi connectivity index (χ2n) is 5.47. The summed E-state index contributed by atoms with van der Waals surface area (Å²) in [5, 5.41) is 0. The lowest BCUT2D eigenvalue weighted by molar-refractivity contribution is 0.307. The van der Waals surface area contributed by atoms with E-state index in [0.29, 0.717) is 0 Å². The van der Waals surface area contributed by atoms with Gasteiger partial charge < -0.3 is 8.97 Å². The van der Waals surface area contributed by atoms with Crippen molar-refractivity contribution in [3.63, 3.8) is 0 Å². The van der Waals surface area contributed by atoms with E-state index in [4.69, 9.17) is 0 Å². The molecule has 3 aromatic rings. The van der Waals surface area contributed by atoms with Gasteiger partial charge in [0.2, 0.25) is 0 Å². The van der Waals surface area contributed by atoms with Crippen molar-refractivity contribution in [2.75, 3.05) is 7.05 Å². The zero-order valence-electron chi connectivity index (χ0n) is 12.2. The van der Waals surface area contributed by atoms with E-state index in [9.17, 15) is 0 Å². The number of fused-ring (bicyclic) bond motifs is 1. The Hall–Kier alpha value is -2.07. The Labute approximate surface area is 119 Å². The third-order valence-corrected chi connectivity index (χ3v) is 3.65. The molecule has 0 aliphatic rings. The van der Waals surface area contributed by atoms with Crippen LogP contribution in [0.1, 0.15) is 17.0 Å². The molecule has 0 saturated carbocycles. The third-order valence-electron chi connectivity index (χ3n) is 3.65. The summed E-state index contributed by atoms with van der Waals surface area (Å²) in [7, 11) is 4.23. The molecule has 3 aromatic heterocycles. The molecule has 0 amide bonds. The van der Waals surface area contributed by atoms with Crippen LogP contribution in [0, 0.1) is 6.92 Å². The van der Waals surface area contributed by atoms with Crippen LogP contribution in [-0.4, -0.2) is 25.9 Å². The summed E-state index contributed by atoms with van der Waals surface area (Å²) in [6.07, 6.45) is 6.20. The van der Waals surface area contributed by atoms with Gasteiger partial charge in [0.25, 0.3) is 0 Å². The lowest BCUT2D eigenvalue weighted by Gasteiger charge is -2.17. The van der Waals surface area contributed by atoms with E-state index in [1.54, 1.807) is 0 Å². The number of hydrogen-bond acceptors (Lipinski definition) is 2. The van der Waals surface area contributed by atoms with Crippen LogP contribution in [0.5, 0.6) is 0 Å². The largest absolute Gasteiger partial charge is 0.353 e. The van der Waals surface area contributed by atoms with Crippen LogP contribution in [0.25, 0.3) is 5.65 Å². The molecular formula is C16H20N4. The van der Waals surface area contributed by atoms with Gasteiger partial charge >= 0.3 is 0 Å². The summed E-state index contributed by atoms with van der Waals surface area (Å²) in [5.74, 6) is 0. The second-order valence-corrected chi connectivity index (χ2v) is 5.47. The molecule has 0 atom stereocenters. The van der Waals surface area contributed by atoms with Crippen molar-refractivity contribution in [2.24, 2.45) is 7.05 Å². The molecule has 0 aromatic carbocycles. The highest BCUT2D eigenvalue weighted by Crippen LogP contribution is 2.12. The fourth-order valence-corrected chi connectivity index (χ4v) is 2.52. The summed E-state index contributed by atoms with van der Waals surface area (Å²) in [5.41, 5.74) is 4.80. The zero-order chi connectivity index (χ0) is 14.1. The van der Waals surface area contributed by atoms with Crippen LogP contribution in [0.15, 0.2) is 42.9 Å². The van der Waals surface area contributed by atoms with Crippen molar-refractivity contribution < 1.29 is 0 Å². The summed E-state index contributed by atoms with van der Waals surface area (Å²) in [6, 6.07) is 8.41. The van der Waals surface area contributed by atoms with Crippen LogP contribution in [0.2, 0.25) is 0 Å². The Morgan fingerprint density at radius 1 is 1.15 bits per heavy atom. The van der Waals surface area contributed by atoms with Crippen molar-refractivity contribution in [3.8, 4) is 0 Å². The number of nitrogens with zero attached hydrogens (tertiary/aromatic N) is 4. The maximum atomic E-state index is 4.46. The molecule has 0 fully saturated rings. The molecule has 20 heavy (non-hydrogen) atoms. The predicted octanol–water partition coefficient (Wildman–Crippen LogP) is 2.61. The maximum Gasteiger partial charge on any atom is 0.136 e.